The summed E-state index contributed by atoms with van der Waals surface area (Å²) in [4.78, 5) is 8.83. The molecule has 0 radical (unpaired) electrons. The Balaban J connectivity index is 1.97. The van der Waals surface area contributed by atoms with Crippen molar-refractivity contribution in [2.45, 2.75) is 31.6 Å². The molecule has 146 valence electrons. The van der Waals surface area contributed by atoms with Crippen LogP contribution in [0.3, 0.4) is 0 Å². The molecule has 0 aliphatic rings. The number of benzene rings is 2. The van der Waals surface area contributed by atoms with Crippen molar-refractivity contribution in [3.8, 4) is 11.6 Å². The number of nitrogens with zero attached hydrogens (tertiary/aromatic N) is 2. The average molecular weight is 398 g/mol. The van der Waals surface area contributed by atoms with Gasteiger partial charge in [0.2, 0.25) is 11.8 Å². The van der Waals surface area contributed by atoms with Gasteiger partial charge in [0.25, 0.3) is 10.0 Å². The standard InChI is InChI=1S/C21H23N3O3S/c1-15(2)16(3)19-14-20(27-17-10-6-4-7-11-17)23-21(22-19)24-28(25,26)18-12-8-5-9-13-18/h4-16H,1-3H3,(H,22,23,24). The smallest absolute Gasteiger partial charge is 0.264 e. The van der Waals surface area contributed by atoms with E-state index in [1.165, 1.54) is 12.1 Å². The van der Waals surface area contributed by atoms with Crippen LogP contribution in [0.4, 0.5) is 5.95 Å². The van der Waals surface area contributed by atoms with E-state index in [-0.39, 0.29) is 22.6 Å². The minimum absolute atomic E-state index is 0.0141. The molecule has 6 nitrogen and oxygen atoms in total. The van der Waals surface area contributed by atoms with Crippen LogP contribution >= 0.6 is 0 Å². The van der Waals surface area contributed by atoms with E-state index in [0.717, 1.165) is 0 Å². The number of anilines is 1. The Hall–Kier alpha value is -2.93. The van der Waals surface area contributed by atoms with Gasteiger partial charge in [-0.3, -0.25) is 0 Å². The van der Waals surface area contributed by atoms with Gasteiger partial charge in [-0.1, -0.05) is 57.2 Å². The largest absolute Gasteiger partial charge is 0.439 e. The number of sulfonamides is 1. The molecule has 3 aromatic rings. The lowest BCUT2D eigenvalue weighted by Crippen LogP contribution is -2.16. The highest BCUT2D eigenvalue weighted by Gasteiger charge is 2.19. The molecular weight excluding hydrogens is 374 g/mol. The molecule has 1 atom stereocenters. The molecule has 1 N–H and O–H groups in total. The summed E-state index contributed by atoms with van der Waals surface area (Å²) in [5.74, 6) is 1.30. The zero-order valence-corrected chi connectivity index (χ0v) is 16.8. The Labute approximate surface area is 165 Å². The van der Waals surface area contributed by atoms with Gasteiger partial charge < -0.3 is 4.74 Å². The lowest BCUT2D eigenvalue weighted by atomic mass is 9.94. The SMILES string of the molecule is CC(C)C(C)c1cc(Oc2ccccc2)nc(NS(=O)(=O)c2ccccc2)n1. The van der Waals surface area contributed by atoms with Gasteiger partial charge in [-0.2, -0.15) is 4.98 Å². The minimum atomic E-state index is -3.80. The van der Waals surface area contributed by atoms with Crippen LogP contribution in [0.15, 0.2) is 71.6 Å². The van der Waals surface area contributed by atoms with Crippen LogP contribution in [0.1, 0.15) is 32.4 Å². The molecule has 0 aliphatic carbocycles. The van der Waals surface area contributed by atoms with Crippen molar-refractivity contribution >= 4 is 16.0 Å². The first-order chi connectivity index (χ1) is 13.3. The van der Waals surface area contributed by atoms with Gasteiger partial charge >= 0.3 is 0 Å². The van der Waals surface area contributed by atoms with Gasteiger partial charge in [0.15, 0.2) is 0 Å². The maximum Gasteiger partial charge on any atom is 0.264 e. The van der Waals surface area contributed by atoms with Crippen molar-refractivity contribution < 1.29 is 13.2 Å². The number of hydrogen-bond donors (Lipinski definition) is 1. The topological polar surface area (TPSA) is 81.2 Å². The lowest BCUT2D eigenvalue weighted by Gasteiger charge is -2.17. The first-order valence-corrected chi connectivity index (χ1v) is 10.5. The van der Waals surface area contributed by atoms with E-state index in [1.807, 2.05) is 37.3 Å². The van der Waals surface area contributed by atoms with Crippen molar-refractivity contribution in [2.24, 2.45) is 5.92 Å². The number of para-hydroxylation sites is 1. The van der Waals surface area contributed by atoms with E-state index in [1.54, 1.807) is 24.3 Å². The molecule has 7 heteroatoms. The Morgan fingerprint density at radius 2 is 1.50 bits per heavy atom. The third-order valence-corrected chi connectivity index (χ3v) is 5.78. The second-order valence-corrected chi connectivity index (χ2v) is 8.50. The normalized spacial score (nSPS) is 12.6. The van der Waals surface area contributed by atoms with Gasteiger partial charge in [-0.15, -0.1) is 0 Å². The van der Waals surface area contributed by atoms with E-state index in [4.69, 9.17) is 4.74 Å². The minimum Gasteiger partial charge on any atom is -0.439 e. The summed E-state index contributed by atoms with van der Waals surface area (Å²) < 4.78 is 33.6. The molecule has 0 spiro atoms. The molecule has 0 fully saturated rings. The summed E-state index contributed by atoms with van der Waals surface area (Å²) in [5.41, 5.74) is 0.710. The maximum absolute atomic E-state index is 12.7. The summed E-state index contributed by atoms with van der Waals surface area (Å²) in [6, 6.07) is 19.1. The fraction of sp³-hybridized carbons (Fsp3) is 0.238. The highest BCUT2D eigenvalue weighted by Crippen LogP contribution is 2.28. The Morgan fingerprint density at radius 3 is 2.11 bits per heavy atom. The molecular formula is C21H23N3O3S. The highest BCUT2D eigenvalue weighted by atomic mass is 32.2. The number of rotatable bonds is 7. The second-order valence-electron chi connectivity index (χ2n) is 6.82. The molecule has 0 aliphatic heterocycles. The van der Waals surface area contributed by atoms with E-state index in [9.17, 15) is 8.42 Å². The van der Waals surface area contributed by atoms with Crippen LogP contribution in [0, 0.1) is 5.92 Å². The first kappa shape index (κ1) is 19.8. The molecule has 1 unspecified atom stereocenters. The van der Waals surface area contributed by atoms with Crippen molar-refractivity contribution in [3.05, 3.63) is 72.4 Å². The van der Waals surface area contributed by atoms with E-state index >= 15 is 0 Å². The van der Waals surface area contributed by atoms with Crippen LogP contribution < -0.4 is 9.46 Å². The van der Waals surface area contributed by atoms with Crippen LogP contribution in [0.5, 0.6) is 11.6 Å². The zero-order chi connectivity index (χ0) is 20.1. The van der Waals surface area contributed by atoms with E-state index < -0.39 is 10.0 Å². The van der Waals surface area contributed by atoms with E-state index in [2.05, 4.69) is 28.5 Å². The van der Waals surface area contributed by atoms with Crippen molar-refractivity contribution in [1.29, 1.82) is 0 Å². The van der Waals surface area contributed by atoms with Crippen molar-refractivity contribution in [1.82, 2.24) is 9.97 Å². The summed E-state index contributed by atoms with van der Waals surface area (Å²) >= 11 is 0. The van der Waals surface area contributed by atoms with Gasteiger partial charge in [0, 0.05) is 12.0 Å². The Bertz CT molecular complexity index is 1020. The summed E-state index contributed by atoms with van der Waals surface area (Å²) in [6.45, 7) is 6.20. The third-order valence-electron chi connectivity index (χ3n) is 4.43. The summed E-state index contributed by atoms with van der Waals surface area (Å²) in [6.07, 6.45) is 0. The van der Waals surface area contributed by atoms with Crippen LogP contribution in [-0.2, 0) is 10.0 Å². The van der Waals surface area contributed by atoms with Crippen LogP contribution in [0.25, 0.3) is 0 Å². The van der Waals surface area contributed by atoms with Crippen molar-refractivity contribution in [3.63, 3.8) is 0 Å². The lowest BCUT2D eigenvalue weighted by molar-refractivity contribution is 0.456. The van der Waals surface area contributed by atoms with Crippen molar-refractivity contribution in [2.75, 3.05) is 4.72 Å². The monoisotopic (exact) mass is 397 g/mol. The fourth-order valence-corrected chi connectivity index (χ4v) is 3.47. The van der Waals surface area contributed by atoms with Crippen LogP contribution in [0.2, 0.25) is 0 Å². The third kappa shape index (κ3) is 4.86. The molecule has 1 aromatic heterocycles. The number of nitrogens with one attached hydrogen (secondary N) is 1. The maximum atomic E-state index is 12.7. The first-order valence-electron chi connectivity index (χ1n) is 9.05. The number of aromatic nitrogens is 2. The van der Waals surface area contributed by atoms with Gasteiger partial charge in [0.1, 0.15) is 5.75 Å². The van der Waals surface area contributed by atoms with Gasteiger partial charge in [-0.05, 0) is 30.2 Å². The van der Waals surface area contributed by atoms with Gasteiger partial charge in [0.05, 0.1) is 10.6 Å². The average Bonchev–Trinajstić information content (AvgIpc) is 2.68. The highest BCUT2D eigenvalue weighted by molar-refractivity contribution is 7.92. The van der Waals surface area contributed by atoms with E-state index in [0.29, 0.717) is 17.4 Å². The quantitative estimate of drug-likeness (QED) is 0.617. The predicted molar refractivity (Wildman–Crippen MR) is 109 cm³/mol. The number of hydrogen-bond acceptors (Lipinski definition) is 5. The molecule has 2 aromatic carbocycles. The second kappa shape index (κ2) is 8.39. The Kier molecular flexibility index (Phi) is 5.94. The summed E-state index contributed by atoms with van der Waals surface area (Å²) in [5, 5.41) is 0. The zero-order valence-electron chi connectivity index (χ0n) is 16.0. The fourth-order valence-electron chi connectivity index (χ4n) is 2.50. The summed E-state index contributed by atoms with van der Waals surface area (Å²) in [7, 11) is -3.80. The number of ether oxygens (including phenoxy) is 1. The Morgan fingerprint density at radius 1 is 0.893 bits per heavy atom. The molecule has 0 bridgehead atoms. The van der Waals surface area contributed by atoms with Gasteiger partial charge in [-0.25, -0.2) is 18.1 Å². The molecule has 0 amide bonds. The molecule has 0 saturated heterocycles. The predicted octanol–water partition coefficient (Wildman–Crippen LogP) is 4.83. The molecule has 28 heavy (non-hydrogen) atoms. The molecule has 0 saturated carbocycles. The molecule has 3 rings (SSSR count). The molecule has 1 heterocycles. The van der Waals surface area contributed by atoms with Crippen LogP contribution in [-0.4, -0.2) is 18.4 Å².